The molecule has 5 nitrogen and oxygen atoms in total. The summed E-state index contributed by atoms with van der Waals surface area (Å²) in [5.41, 5.74) is -1.37. The third-order valence-electron chi connectivity index (χ3n) is 4.10. The van der Waals surface area contributed by atoms with E-state index < -0.39 is 29.4 Å². The quantitative estimate of drug-likeness (QED) is 0.365. The molecule has 0 aliphatic carbocycles. The van der Waals surface area contributed by atoms with Crippen LogP contribution in [0.25, 0.3) is 17.4 Å². The topological polar surface area (TPSA) is 70.8 Å². The molecule has 2 aromatic rings. The van der Waals surface area contributed by atoms with Gasteiger partial charge in [0.15, 0.2) is 0 Å². The number of carbonyl (C=O) groups is 2. The molecule has 158 valence electrons. The highest BCUT2D eigenvalue weighted by Crippen LogP contribution is 2.36. The van der Waals surface area contributed by atoms with Gasteiger partial charge in [-0.25, -0.2) is 4.39 Å². The molecular formula is C19H13F4NO4S2. The molecule has 1 amide bonds. The molecule has 2 heterocycles. The Morgan fingerprint density at radius 2 is 2.00 bits per heavy atom. The standard InChI is InChI=1S/C19H13F4NO4S2/c20-13-5-3-10(8-12(13)19(21,22)23)14-6-4-11(28-14)9-15-17(27)24(18(29)30-15)7-1-2-16(25)26/h3-6,8-9H,1-2,7H2,(H,25,26)/b15-9+. The Bertz CT molecular complexity index is 1050. The Morgan fingerprint density at radius 1 is 1.27 bits per heavy atom. The number of carboxylic acids is 1. The van der Waals surface area contributed by atoms with Crippen LogP contribution in [0.2, 0.25) is 0 Å². The average molecular weight is 459 g/mol. The summed E-state index contributed by atoms with van der Waals surface area (Å²) in [5, 5.41) is 8.69. The second kappa shape index (κ2) is 8.60. The summed E-state index contributed by atoms with van der Waals surface area (Å²) in [4.78, 5) is 24.6. The fraction of sp³-hybridized carbons (Fsp3) is 0.211. The average Bonchev–Trinajstić information content (AvgIpc) is 3.21. The molecule has 3 rings (SSSR count). The van der Waals surface area contributed by atoms with Gasteiger partial charge in [-0.05, 0) is 36.8 Å². The first-order valence-electron chi connectivity index (χ1n) is 8.50. The minimum atomic E-state index is -4.84. The molecule has 0 unspecified atom stereocenters. The number of aliphatic carboxylic acids is 1. The van der Waals surface area contributed by atoms with Crippen molar-refractivity contribution in [1.82, 2.24) is 4.90 Å². The van der Waals surface area contributed by atoms with Crippen molar-refractivity contribution in [3.8, 4) is 11.3 Å². The molecule has 1 N–H and O–H groups in total. The van der Waals surface area contributed by atoms with Gasteiger partial charge in [-0.15, -0.1) is 0 Å². The van der Waals surface area contributed by atoms with Crippen LogP contribution in [-0.2, 0) is 15.8 Å². The lowest BCUT2D eigenvalue weighted by atomic mass is 10.1. The van der Waals surface area contributed by atoms with Gasteiger partial charge in [0, 0.05) is 24.6 Å². The summed E-state index contributed by atoms with van der Waals surface area (Å²) < 4.78 is 57.9. The number of benzene rings is 1. The summed E-state index contributed by atoms with van der Waals surface area (Å²) in [6.45, 7) is 0.160. The number of carbonyl (C=O) groups excluding carboxylic acids is 1. The molecule has 1 aromatic carbocycles. The van der Waals surface area contributed by atoms with Gasteiger partial charge >= 0.3 is 12.1 Å². The number of rotatable bonds is 6. The predicted octanol–water partition coefficient (Wildman–Crippen LogP) is 5.17. The van der Waals surface area contributed by atoms with Crippen molar-refractivity contribution in [1.29, 1.82) is 0 Å². The number of furan rings is 1. The van der Waals surface area contributed by atoms with Gasteiger partial charge in [-0.1, -0.05) is 24.0 Å². The molecule has 0 bridgehead atoms. The highest BCUT2D eigenvalue weighted by atomic mass is 32.2. The van der Waals surface area contributed by atoms with Crippen molar-refractivity contribution >= 4 is 46.3 Å². The Morgan fingerprint density at radius 3 is 2.67 bits per heavy atom. The van der Waals surface area contributed by atoms with E-state index in [4.69, 9.17) is 21.7 Å². The number of nitrogens with zero attached hydrogens (tertiary/aromatic N) is 1. The third kappa shape index (κ3) is 4.90. The maximum absolute atomic E-state index is 13.5. The Kier molecular flexibility index (Phi) is 6.32. The smallest absolute Gasteiger partial charge is 0.419 e. The van der Waals surface area contributed by atoms with Crippen LogP contribution in [0.4, 0.5) is 17.6 Å². The zero-order valence-electron chi connectivity index (χ0n) is 15.0. The van der Waals surface area contributed by atoms with Crippen LogP contribution in [0, 0.1) is 5.82 Å². The fourth-order valence-electron chi connectivity index (χ4n) is 2.69. The molecule has 0 spiro atoms. The minimum absolute atomic E-state index is 0.0320. The number of hydrogen-bond acceptors (Lipinski definition) is 5. The summed E-state index contributed by atoms with van der Waals surface area (Å²) in [5.74, 6) is -2.50. The van der Waals surface area contributed by atoms with E-state index in [1.165, 1.54) is 23.1 Å². The summed E-state index contributed by atoms with van der Waals surface area (Å²) in [6.07, 6.45) is -3.31. The summed E-state index contributed by atoms with van der Waals surface area (Å²) in [6, 6.07) is 5.40. The maximum atomic E-state index is 13.5. The van der Waals surface area contributed by atoms with Gasteiger partial charge in [-0.2, -0.15) is 13.2 Å². The highest BCUT2D eigenvalue weighted by molar-refractivity contribution is 8.26. The van der Waals surface area contributed by atoms with Crippen LogP contribution < -0.4 is 0 Å². The zero-order chi connectivity index (χ0) is 22.1. The van der Waals surface area contributed by atoms with E-state index in [2.05, 4.69) is 0 Å². The van der Waals surface area contributed by atoms with Crippen molar-refractivity contribution in [2.75, 3.05) is 6.54 Å². The van der Waals surface area contributed by atoms with Crippen molar-refractivity contribution in [3.05, 3.63) is 52.4 Å². The maximum Gasteiger partial charge on any atom is 0.419 e. The molecule has 1 aliphatic rings. The van der Waals surface area contributed by atoms with E-state index in [0.29, 0.717) is 12.1 Å². The van der Waals surface area contributed by atoms with Crippen LogP contribution in [0.1, 0.15) is 24.2 Å². The normalized spacial score (nSPS) is 16.0. The van der Waals surface area contributed by atoms with Gasteiger partial charge in [0.05, 0.1) is 10.5 Å². The third-order valence-corrected chi connectivity index (χ3v) is 5.48. The van der Waals surface area contributed by atoms with Crippen LogP contribution in [0.3, 0.4) is 0 Å². The molecule has 0 atom stereocenters. The minimum Gasteiger partial charge on any atom is -0.481 e. The number of hydrogen-bond donors (Lipinski definition) is 1. The van der Waals surface area contributed by atoms with Gasteiger partial charge in [0.25, 0.3) is 5.91 Å². The molecule has 30 heavy (non-hydrogen) atoms. The molecule has 1 aromatic heterocycles. The second-order valence-corrected chi connectivity index (χ2v) is 7.90. The molecule has 1 saturated heterocycles. The molecule has 0 radical (unpaired) electrons. The van der Waals surface area contributed by atoms with E-state index in [9.17, 15) is 27.2 Å². The van der Waals surface area contributed by atoms with Crippen LogP contribution in [0.15, 0.2) is 39.7 Å². The van der Waals surface area contributed by atoms with Crippen molar-refractivity contribution in [2.24, 2.45) is 0 Å². The van der Waals surface area contributed by atoms with E-state index >= 15 is 0 Å². The molecular weight excluding hydrogens is 446 g/mol. The zero-order valence-corrected chi connectivity index (χ0v) is 16.7. The first-order chi connectivity index (χ1) is 14.1. The van der Waals surface area contributed by atoms with E-state index in [1.54, 1.807) is 0 Å². The van der Waals surface area contributed by atoms with Crippen molar-refractivity contribution < 1.29 is 36.7 Å². The lowest BCUT2D eigenvalue weighted by Crippen LogP contribution is -2.29. The first kappa shape index (κ1) is 22.0. The predicted molar refractivity (Wildman–Crippen MR) is 106 cm³/mol. The van der Waals surface area contributed by atoms with Gasteiger partial charge in [0.1, 0.15) is 21.7 Å². The first-order valence-corrected chi connectivity index (χ1v) is 9.73. The highest BCUT2D eigenvalue weighted by Gasteiger charge is 2.35. The lowest BCUT2D eigenvalue weighted by molar-refractivity contribution is -0.140. The largest absolute Gasteiger partial charge is 0.481 e. The molecule has 0 saturated carbocycles. The van der Waals surface area contributed by atoms with Crippen LogP contribution in [0.5, 0.6) is 0 Å². The lowest BCUT2D eigenvalue weighted by Gasteiger charge is -2.13. The van der Waals surface area contributed by atoms with E-state index in [1.807, 2.05) is 0 Å². The number of carboxylic acid groups (broad SMARTS) is 1. The van der Waals surface area contributed by atoms with Crippen LogP contribution >= 0.6 is 24.0 Å². The number of thiocarbonyl (C=S) groups is 1. The second-order valence-electron chi connectivity index (χ2n) is 6.23. The van der Waals surface area contributed by atoms with E-state index in [0.717, 1.165) is 17.8 Å². The Hall–Kier alpha value is -2.66. The van der Waals surface area contributed by atoms with Gasteiger partial charge in [0.2, 0.25) is 0 Å². The summed E-state index contributed by atoms with van der Waals surface area (Å²) >= 11 is 6.15. The van der Waals surface area contributed by atoms with Crippen molar-refractivity contribution in [3.63, 3.8) is 0 Å². The van der Waals surface area contributed by atoms with E-state index in [-0.39, 0.29) is 45.7 Å². The van der Waals surface area contributed by atoms with Gasteiger partial charge < -0.3 is 9.52 Å². The number of amides is 1. The fourth-order valence-corrected chi connectivity index (χ4v) is 3.98. The Labute approximate surface area is 177 Å². The SMILES string of the molecule is O=C(O)CCCN1C(=O)/C(=C\c2ccc(-c3ccc(F)c(C(F)(F)F)c3)o2)SC1=S. The number of thioether (sulfide) groups is 1. The number of halogens is 4. The monoisotopic (exact) mass is 459 g/mol. The number of alkyl halides is 3. The summed E-state index contributed by atoms with van der Waals surface area (Å²) in [7, 11) is 0. The molecule has 11 heteroatoms. The molecule has 1 fully saturated rings. The van der Waals surface area contributed by atoms with Gasteiger partial charge in [-0.3, -0.25) is 14.5 Å². The van der Waals surface area contributed by atoms with Crippen LogP contribution in [-0.4, -0.2) is 32.7 Å². The van der Waals surface area contributed by atoms with Crippen molar-refractivity contribution in [2.45, 2.75) is 19.0 Å². The Balaban J connectivity index is 1.79. The molecule has 1 aliphatic heterocycles.